The lowest BCUT2D eigenvalue weighted by atomic mass is 10.2. The van der Waals surface area contributed by atoms with Crippen molar-refractivity contribution < 1.29 is 14.7 Å². The molecule has 1 aromatic heterocycles. The molecule has 26 heavy (non-hydrogen) atoms. The van der Waals surface area contributed by atoms with Gasteiger partial charge >= 0.3 is 5.97 Å². The maximum absolute atomic E-state index is 12.4. The zero-order valence-corrected chi connectivity index (χ0v) is 14.9. The normalized spacial score (nSPS) is 10.2. The summed E-state index contributed by atoms with van der Waals surface area (Å²) in [6.45, 7) is 6.98. The van der Waals surface area contributed by atoms with Gasteiger partial charge in [-0.3, -0.25) is 4.79 Å². The molecule has 0 fully saturated rings. The molecule has 3 rings (SSSR count). The quantitative estimate of drug-likeness (QED) is 0.610. The van der Waals surface area contributed by atoms with Gasteiger partial charge in [0.2, 0.25) is 0 Å². The summed E-state index contributed by atoms with van der Waals surface area (Å²) >= 11 is 3.30. The van der Waals surface area contributed by atoms with E-state index in [1.807, 2.05) is 0 Å². The Morgan fingerprint density at radius 2 is 1.69 bits per heavy atom. The van der Waals surface area contributed by atoms with Gasteiger partial charge in [-0.1, -0.05) is 28.1 Å². The number of anilines is 1. The topological polar surface area (TPSA) is 75.7 Å². The van der Waals surface area contributed by atoms with Crippen LogP contribution < -0.4 is 5.32 Å². The lowest BCUT2D eigenvalue weighted by molar-refractivity contribution is 0.0689. The van der Waals surface area contributed by atoms with Gasteiger partial charge in [0.25, 0.3) is 5.91 Å². The Hall–Kier alpha value is -3.37. The highest BCUT2D eigenvalue weighted by Gasteiger charge is 2.19. The van der Waals surface area contributed by atoms with Crippen LogP contribution in [0.4, 0.5) is 11.4 Å². The molecular weight excluding hydrogens is 398 g/mol. The van der Waals surface area contributed by atoms with Crippen LogP contribution in [0, 0.1) is 6.57 Å². The molecule has 0 atom stereocenters. The first-order valence-corrected chi connectivity index (χ1v) is 8.28. The second-order valence-corrected chi connectivity index (χ2v) is 6.26. The van der Waals surface area contributed by atoms with Crippen LogP contribution in [0.1, 0.15) is 20.8 Å². The van der Waals surface area contributed by atoms with Gasteiger partial charge in [-0.25, -0.2) is 9.64 Å². The average molecular weight is 410 g/mol. The molecule has 2 N–H and O–H groups in total. The fraction of sp³-hybridized carbons (Fsp3) is 0. The summed E-state index contributed by atoms with van der Waals surface area (Å²) in [7, 11) is 0. The second-order valence-electron chi connectivity index (χ2n) is 5.34. The minimum Gasteiger partial charge on any atom is -0.476 e. The Balaban J connectivity index is 1.94. The Bertz CT molecular complexity index is 1020. The lowest BCUT2D eigenvalue weighted by Gasteiger charge is -2.09. The van der Waals surface area contributed by atoms with Crippen molar-refractivity contribution >= 4 is 39.2 Å². The molecule has 2 aromatic carbocycles. The number of carbonyl (C=O) groups excluding carboxylic acids is 1. The molecule has 1 heterocycles. The van der Waals surface area contributed by atoms with Gasteiger partial charge in [-0.05, 0) is 42.5 Å². The number of carboxylic acid groups (broad SMARTS) is 1. The lowest BCUT2D eigenvalue weighted by Crippen LogP contribution is -2.15. The molecule has 0 aliphatic rings. The number of hydrogen-bond donors (Lipinski definition) is 2. The van der Waals surface area contributed by atoms with Gasteiger partial charge in [0.15, 0.2) is 11.4 Å². The molecule has 3 aromatic rings. The summed E-state index contributed by atoms with van der Waals surface area (Å²) in [5.74, 6) is -1.57. The summed E-state index contributed by atoms with van der Waals surface area (Å²) < 4.78 is 2.29. The zero-order valence-electron chi connectivity index (χ0n) is 13.3. The maximum atomic E-state index is 12.4. The molecule has 0 radical (unpaired) electrons. The second kappa shape index (κ2) is 7.25. The number of nitrogens with zero attached hydrogens (tertiary/aromatic N) is 2. The molecule has 0 saturated carbocycles. The van der Waals surface area contributed by atoms with Gasteiger partial charge in [0, 0.05) is 21.9 Å². The van der Waals surface area contributed by atoms with E-state index in [2.05, 4.69) is 26.1 Å². The molecule has 1 amide bonds. The molecule has 0 bridgehead atoms. The number of aromatic nitrogens is 1. The Morgan fingerprint density at radius 3 is 2.27 bits per heavy atom. The first-order chi connectivity index (χ1) is 12.5. The van der Waals surface area contributed by atoms with Crippen LogP contribution in [-0.2, 0) is 0 Å². The third kappa shape index (κ3) is 3.50. The van der Waals surface area contributed by atoms with Gasteiger partial charge < -0.3 is 15.0 Å². The van der Waals surface area contributed by atoms with E-state index in [-0.39, 0.29) is 11.4 Å². The highest BCUT2D eigenvalue weighted by atomic mass is 79.9. The van der Waals surface area contributed by atoms with Gasteiger partial charge in [-0.2, -0.15) is 0 Å². The first kappa shape index (κ1) is 17.5. The minimum absolute atomic E-state index is 0.0639. The number of amides is 1. The van der Waals surface area contributed by atoms with Crippen molar-refractivity contribution in [3.8, 4) is 5.69 Å². The third-order valence-corrected chi connectivity index (χ3v) is 4.23. The Labute approximate surface area is 157 Å². The molecule has 0 aliphatic heterocycles. The number of carbonyl (C=O) groups is 2. The van der Waals surface area contributed by atoms with E-state index in [1.165, 1.54) is 10.6 Å². The third-order valence-electron chi connectivity index (χ3n) is 3.70. The van der Waals surface area contributed by atoms with Gasteiger partial charge in [0.1, 0.15) is 0 Å². The van der Waals surface area contributed by atoms with Crippen LogP contribution in [-0.4, -0.2) is 21.6 Å². The number of benzene rings is 2. The fourth-order valence-corrected chi connectivity index (χ4v) is 2.71. The van der Waals surface area contributed by atoms with Crippen molar-refractivity contribution in [2.75, 3.05) is 5.32 Å². The van der Waals surface area contributed by atoms with Crippen LogP contribution >= 0.6 is 15.9 Å². The van der Waals surface area contributed by atoms with Gasteiger partial charge in [0.05, 0.1) is 12.3 Å². The van der Waals surface area contributed by atoms with Crippen molar-refractivity contribution in [2.24, 2.45) is 0 Å². The van der Waals surface area contributed by atoms with E-state index >= 15 is 0 Å². The maximum Gasteiger partial charge on any atom is 0.355 e. The van der Waals surface area contributed by atoms with Crippen molar-refractivity contribution in [2.45, 2.75) is 0 Å². The van der Waals surface area contributed by atoms with Crippen LogP contribution in [0.25, 0.3) is 10.5 Å². The van der Waals surface area contributed by atoms with E-state index in [0.29, 0.717) is 16.9 Å². The predicted octanol–water partition coefficient (Wildman–Crippen LogP) is 4.74. The average Bonchev–Trinajstić information content (AvgIpc) is 3.06. The smallest absolute Gasteiger partial charge is 0.355 e. The van der Waals surface area contributed by atoms with E-state index in [9.17, 15) is 14.7 Å². The summed E-state index contributed by atoms with van der Waals surface area (Å²) in [4.78, 5) is 27.4. The van der Waals surface area contributed by atoms with E-state index in [4.69, 9.17) is 6.57 Å². The fourth-order valence-electron chi connectivity index (χ4n) is 2.45. The van der Waals surface area contributed by atoms with Crippen LogP contribution in [0.3, 0.4) is 0 Å². The molecule has 0 saturated heterocycles. The molecule has 0 unspecified atom stereocenters. The molecular formula is C19H12BrN3O3. The van der Waals surface area contributed by atoms with Crippen molar-refractivity contribution in [1.29, 1.82) is 0 Å². The number of halogens is 1. The minimum atomic E-state index is -1.17. The number of rotatable bonds is 4. The summed E-state index contributed by atoms with van der Waals surface area (Å²) in [5, 5.41) is 12.2. The number of hydrogen-bond acceptors (Lipinski definition) is 2. The first-order valence-electron chi connectivity index (χ1n) is 7.49. The molecule has 0 aliphatic carbocycles. The summed E-state index contributed by atoms with van der Waals surface area (Å²) in [6.07, 6.45) is 1.56. The standard InChI is InChI=1S/C19H12BrN3O3/c1-21-14-6-8-15(9-7-14)23-11-10-16(17(23)19(25)26)22-18(24)12-2-4-13(20)5-3-12/h2-11H,(H,22,24)(H,25,26). The molecule has 0 spiro atoms. The van der Waals surface area contributed by atoms with Crippen molar-refractivity contribution in [3.63, 3.8) is 0 Å². The largest absolute Gasteiger partial charge is 0.476 e. The van der Waals surface area contributed by atoms with Crippen LogP contribution in [0.15, 0.2) is 65.3 Å². The zero-order chi connectivity index (χ0) is 18.7. The van der Waals surface area contributed by atoms with Crippen LogP contribution in [0.5, 0.6) is 0 Å². The highest BCUT2D eigenvalue weighted by Crippen LogP contribution is 2.24. The predicted molar refractivity (Wildman–Crippen MR) is 101 cm³/mol. The van der Waals surface area contributed by atoms with Crippen molar-refractivity contribution in [3.05, 3.63) is 87.9 Å². The monoisotopic (exact) mass is 409 g/mol. The Kier molecular flexibility index (Phi) is 4.87. The van der Waals surface area contributed by atoms with Gasteiger partial charge in [-0.15, -0.1) is 0 Å². The van der Waals surface area contributed by atoms with E-state index in [0.717, 1.165) is 4.47 Å². The SMILES string of the molecule is [C-]#[N+]c1ccc(-n2ccc(NC(=O)c3ccc(Br)cc3)c2C(=O)O)cc1. The highest BCUT2D eigenvalue weighted by molar-refractivity contribution is 9.10. The molecule has 6 nitrogen and oxygen atoms in total. The van der Waals surface area contributed by atoms with Crippen molar-refractivity contribution in [1.82, 2.24) is 4.57 Å². The summed E-state index contributed by atoms with van der Waals surface area (Å²) in [6, 6.07) is 14.8. The molecule has 128 valence electrons. The molecule has 7 heteroatoms. The number of nitrogens with one attached hydrogen (secondary N) is 1. The number of carboxylic acids is 1. The van der Waals surface area contributed by atoms with E-state index < -0.39 is 11.9 Å². The van der Waals surface area contributed by atoms with Crippen LogP contribution in [0.2, 0.25) is 0 Å². The number of aromatic carboxylic acids is 1. The Morgan fingerprint density at radius 1 is 1.04 bits per heavy atom. The van der Waals surface area contributed by atoms with E-state index in [1.54, 1.807) is 54.7 Å². The summed E-state index contributed by atoms with van der Waals surface area (Å²) in [5.41, 5.74) is 1.59.